The van der Waals surface area contributed by atoms with Gasteiger partial charge in [0.1, 0.15) is 10.7 Å². The molecule has 0 fully saturated rings. The number of hydrogen-bond donors (Lipinski definition) is 0. The van der Waals surface area contributed by atoms with Gasteiger partial charge in [0.2, 0.25) is 5.82 Å². The van der Waals surface area contributed by atoms with Gasteiger partial charge in [-0.15, -0.1) is 0 Å². The molecule has 90 valence electrons. The van der Waals surface area contributed by atoms with E-state index in [1.165, 1.54) is 0 Å². The van der Waals surface area contributed by atoms with E-state index in [9.17, 15) is 17.6 Å². The van der Waals surface area contributed by atoms with Crippen LogP contribution in [0.1, 0.15) is 5.82 Å². The molecule has 0 aliphatic rings. The Hall–Kier alpha value is -1.21. The molecule has 0 aromatic carbocycles. The van der Waals surface area contributed by atoms with E-state index in [0.717, 1.165) is 6.20 Å². The lowest BCUT2D eigenvalue weighted by molar-refractivity contribution is -0.144. The molecule has 0 saturated carbocycles. The fourth-order valence-corrected chi connectivity index (χ4v) is 1.48. The average molecular weight is 286 g/mol. The molecule has 0 spiro atoms. The van der Waals surface area contributed by atoms with Crippen molar-refractivity contribution in [3.8, 4) is 0 Å². The number of rotatable bonds is 0. The number of hydrogen-bond acceptors (Lipinski definition) is 3. The molecule has 2 rings (SSSR count). The maximum atomic E-state index is 13.4. The molecule has 0 bridgehead atoms. The minimum absolute atomic E-state index is 0.137. The minimum atomic E-state index is -4.82. The van der Waals surface area contributed by atoms with E-state index in [-0.39, 0.29) is 5.39 Å². The Labute approximate surface area is 101 Å². The number of aromatic nitrogens is 3. The molecule has 0 N–H and O–H groups in total. The van der Waals surface area contributed by atoms with Crippen LogP contribution in [0.3, 0.4) is 0 Å². The van der Waals surface area contributed by atoms with Crippen molar-refractivity contribution in [3.05, 3.63) is 28.1 Å². The molecule has 3 nitrogen and oxygen atoms in total. The summed E-state index contributed by atoms with van der Waals surface area (Å²) in [6, 6.07) is 0. The first-order chi connectivity index (χ1) is 7.80. The van der Waals surface area contributed by atoms with Crippen molar-refractivity contribution < 1.29 is 17.6 Å². The van der Waals surface area contributed by atoms with E-state index in [0.29, 0.717) is 0 Å². The molecule has 9 heteroatoms. The third-order valence-electron chi connectivity index (χ3n) is 1.85. The van der Waals surface area contributed by atoms with Crippen LogP contribution < -0.4 is 0 Å². The van der Waals surface area contributed by atoms with Crippen LogP contribution in [0.2, 0.25) is 10.3 Å². The van der Waals surface area contributed by atoms with E-state index < -0.39 is 33.6 Å². The van der Waals surface area contributed by atoms with Gasteiger partial charge in [0.15, 0.2) is 11.0 Å². The normalized spacial score (nSPS) is 12.1. The molecule has 17 heavy (non-hydrogen) atoms. The maximum Gasteiger partial charge on any atom is 0.451 e. The zero-order valence-corrected chi connectivity index (χ0v) is 9.20. The summed E-state index contributed by atoms with van der Waals surface area (Å²) in [4.78, 5) is 9.47. The molecular formula is C8HCl2F4N3. The molecule has 0 aliphatic carbocycles. The van der Waals surface area contributed by atoms with Crippen molar-refractivity contribution in [2.45, 2.75) is 6.18 Å². The molecule has 0 radical (unpaired) electrons. The smallest absolute Gasteiger partial charge is 0.241 e. The molecule has 2 aromatic rings. The van der Waals surface area contributed by atoms with Crippen molar-refractivity contribution in [1.82, 2.24) is 15.0 Å². The van der Waals surface area contributed by atoms with Gasteiger partial charge in [0, 0.05) is 6.20 Å². The Bertz CT molecular complexity index is 599. The van der Waals surface area contributed by atoms with Crippen LogP contribution in [0.25, 0.3) is 10.9 Å². The van der Waals surface area contributed by atoms with E-state index in [4.69, 9.17) is 23.2 Å². The van der Waals surface area contributed by atoms with Crippen LogP contribution in [-0.4, -0.2) is 15.0 Å². The zero-order chi connectivity index (χ0) is 12.8. The highest BCUT2D eigenvalue weighted by atomic mass is 35.5. The highest BCUT2D eigenvalue weighted by Crippen LogP contribution is 2.31. The van der Waals surface area contributed by atoms with E-state index in [2.05, 4.69) is 15.0 Å². The number of alkyl halides is 3. The molecule has 0 unspecified atom stereocenters. The average Bonchev–Trinajstić information content (AvgIpc) is 2.22. The standard InChI is InChI=1S/C8HCl2F4N3/c9-5-2-1-15-6(10)3(11)4(2)16-7(17-5)8(12,13)14/h1H. The minimum Gasteiger partial charge on any atom is -0.241 e. The summed E-state index contributed by atoms with van der Waals surface area (Å²) in [7, 11) is 0. The topological polar surface area (TPSA) is 38.7 Å². The van der Waals surface area contributed by atoms with Crippen LogP contribution in [0.15, 0.2) is 6.20 Å². The zero-order valence-electron chi connectivity index (χ0n) is 7.69. The first-order valence-corrected chi connectivity index (χ1v) is 4.80. The summed E-state index contributed by atoms with van der Waals surface area (Å²) in [6.45, 7) is 0. The van der Waals surface area contributed by atoms with Crippen molar-refractivity contribution in [2.75, 3.05) is 0 Å². The molecule has 0 aliphatic heterocycles. The van der Waals surface area contributed by atoms with E-state index >= 15 is 0 Å². The Kier molecular flexibility index (Phi) is 2.82. The van der Waals surface area contributed by atoms with Gasteiger partial charge in [0.05, 0.1) is 5.39 Å². The van der Waals surface area contributed by atoms with Gasteiger partial charge in [-0.05, 0) is 0 Å². The number of fused-ring (bicyclic) bond motifs is 1. The summed E-state index contributed by atoms with van der Waals surface area (Å²) in [5.41, 5.74) is -0.614. The first kappa shape index (κ1) is 12.3. The van der Waals surface area contributed by atoms with Gasteiger partial charge in [0.25, 0.3) is 0 Å². The van der Waals surface area contributed by atoms with Gasteiger partial charge in [-0.3, -0.25) is 0 Å². The number of nitrogens with zero attached hydrogens (tertiary/aromatic N) is 3. The monoisotopic (exact) mass is 285 g/mol. The second kappa shape index (κ2) is 3.92. The van der Waals surface area contributed by atoms with Gasteiger partial charge in [-0.25, -0.2) is 19.3 Å². The highest BCUT2D eigenvalue weighted by molar-refractivity contribution is 6.34. The first-order valence-electron chi connectivity index (χ1n) is 4.05. The van der Waals surface area contributed by atoms with E-state index in [1.807, 2.05) is 0 Å². The largest absolute Gasteiger partial charge is 0.451 e. The summed E-state index contributed by atoms with van der Waals surface area (Å²) in [6.07, 6.45) is -3.82. The number of halogens is 6. The van der Waals surface area contributed by atoms with Crippen LogP contribution in [0.5, 0.6) is 0 Å². The fourth-order valence-electron chi connectivity index (χ4n) is 1.13. The molecule has 2 heterocycles. The summed E-state index contributed by atoms with van der Waals surface area (Å²) >= 11 is 10.8. The predicted molar refractivity (Wildman–Crippen MR) is 52.3 cm³/mol. The molecule has 2 aromatic heterocycles. The SMILES string of the molecule is Fc1c(Cl)ncc2c(Cl)nc(C(F)(F)F)nc12. The van der Waals surface area contributed by atoms with Crippen LogP contribution in [0, 0.1) is 5.82 Å². The molecule has 0 atom stereocenters. The Morgan fingerprint density at radius 3 is 2.29 bits per heavy atom. The Balaban J connectivity index is 2.84. The van der Waals surface area contributed by atoms with Crippen LogP contribution in [-0.2, 0) is 6.18 Å². The fraction of sp³-hybridized carbons (Fsp3) is 0.125. The van der Waals surface area contributed by atoms with Gasteiger partial charge < -0.3 is 0 Å². The van der Waals surface area contributed by atoms with Crippen LogP contribution in [0.4, 0.5) is 17.6 Å². The third kappa shape index (κ3) is 2.12. The Morgan fingerprint density at radius 1 is 1.06 bits per heavy atom. The van der Waals surface area contributed by atoms with Gasteiger partial charge in [-0.1, -0.05) is 23.2 Å². The Morgan fingerprint density at radius 2 is 1.71 bits per heavy atom. The maximum absolute atomic E-state index is 13.4. The second-order valence-electron chi connectivity index (χ2n) is 2.96. The summed E-state index contributed by atoms with van der Waals surface area (Å²) in [5, 5.41) is -1.26. The van der Waals surface area contributed by atoms with Crippen LogP contribution >= 0.6 is 23.2 Å². The quantitative estimate of drug-likeness (QED) is 0.422. The summed E-state index contributed by atoms with van der Waals surface area (Å²) in [5.74, 6) is -2.70. The van der Waals surface area contributed by atoms with Crippen molar-refractivity contribution in [3.63, 3.8) is 0 Å². The lowest BCUT2D eigenvalue weighted by atomic mass is 10.3. The lowest BCUT2D eigenvalue weighted by Gasteiger charge is -2.07. The number of pyridine rings is 1. The van der Waals surface area contributed by atoms with Gasteiger partial charge >= 0.3 is 6.18 Å². The van der Waals surface area contributed by atoms with Gasteiger partial charge in [-0.2, -0.15) is 13.2 Å². The highest BCUT2D eigenvalue weighted by Gasteiger charge is 2.36. The van der Waals surface area contributed by atoms with E-state index in [1.54, 1.807) is 0 Å². The molecule has 0 saturated heterocycles. The third-order valence-corrected chi connectivity index (χ3v) is 2.40. The summed E-state index contributed by atoms with van der Waals surface area (Å²) < 4.78 is 50.6. The lowest BCUT2D eigenvalue weighted by Crippen LogP contribution is -2.12. The molecule has 0 amide bonds. The second-order valence-corrected chi connectivity index (χ2v) is 3.68. The van der Waals surface area contributed by atoms with Crippen molar-refractivity contribution in [1.29, 1.82) is 0 Å². The van der Waals surface area contributed by atoms with Crippen molar-refractivity contribution in [2.24, 2.45) is 0 Å². The molecular weight excluding hydrogens is 285 g/mol. The van der Waals surface area contributed by atoms with Crippen molar-refractivity contribution >= 4 is 34.1 Å². The predicted octanol–water partition coefficient (Wildman–Crippen LogP) is 3.49.